The Balaban J connectivity index is 2.17. The van der Waals surface area contributed by atoms with Crippen LogP contribution in [0.5, 0.6) is 0 Å². The van der Waals surface area contributed by atoms with Crippen molar-refractivity contribution in [3.63, 3.8) is 0 Å². The summed E-state index contributed by atoms with van der Waals surface area (Å²) < 4.78 is 0. The minimum Gasteiger partial charge on any atom is -0.298 e. The van der Waals surface area contributed by atoms with E-state index >= 15 is 0 Å². The van der Waals surface area contributed by atoms with Gasteiger partial charge in [-0.1, -0.05) is 6.92 Å². The summed E-state index contributed by atoms with van der Waals surface area (Å²) in [4.78, 5) is 35.7. The smallest absolute Gasteiger partial charge is 0.233 e. The maximum absolute atomic E-state index is 11.8. The maximum atomic E-state index is 11.8. The molecule has 1 saturated heterocycles. The Hall–Kier alpha value is -1.19. The van der Waals surface area contributed by atoms with Gasteiger partial charge in [0, 0.05) is 0 Å². The summed E-state index contributed by atoms with van der Waals surface area (Å²) in [5.41, 5.74) is 0. The van der Waals surface area contributed by atoms with Crippen molar-refractivity contribution in [3.8, 4) is 0 Å². The summed E-state index contributed by atoms with van der Waals surface area (Å²) >= 11 is 0. The molecule has 0 aromatic rings. The van der Waals surface area contributed by atoms with Crippen molar-refractivity contribution in [2.75, 3.05) is 6.54 Å². The van der Waals surface area contributed by atoms with Crippen LogP contribution >= 0.6 is 0 Å². The van der Waals surface area contributed by atoms with Crippen LogP contribution in [-0.2, 0) is 14.4 Å². The van der Waals surface area contributed by atoms with Gasteiger partial charge in [0.1, 0.15) is 5.78 Å². The molecule has 2 amide bonds. The number of Topliss-reactive ketones (excluding diaryl/α,β-unsaturated/α-hetero) is 1. The molecule has 4 nitrogen and oxygen atoms in total. The molecule has 2 unspecified atom stereocenters. The van der Waals surface area contributed by atoms with Gasteiger partial charge in [-0.2, -0.15) is 0 Å². The fraction of sp³-hybridized carbons (Fsp3) is 0.727. The van der Waals surface area contributed by atoms with E-state index in [4.69, 9.17) is 0 Å². The Morgan fingerprint density at radius 1 is 1.27 bits per heavy atom. The lowest BCUT2D eigenvalue weighted by Gasteiger charge is -2.14. The number of hydrogen-bond donors (Lipinski definition) is 0. The molecule has 2 rings (SSSR count). The van der Waals surface area contributed by atoms with Gasteiger partial charge in [0.05, 0.1) is 18.4 Å². The molecule has 1 aliphatic carbocycles. The molecule has 1 heterocycles. The summed E-state index contributed by atoms with van der Waals surface area (Å²) in [6.45, 7) is 3.42. The van der Waals surface area contributed by atoms with Crippen LogP contribution in [0.2, 0.25) is 0 Å². The van der Waals surface area contributed by atoms with Crippen molar-refractivity contribution in [2.24, 2.45) is 17.8 Å². The maximum Gasteiger partial charge on any atom is 0.233 e. The van der Waals surface area contributed by atoms with E-state index in [-0.39, 0.29) is 36.0 Å². The van der Waals surface area contributed by atoms with E-state index in [9.17, 15) is 14.4 Å². The fourth-order valence-corrected chi connectivity index (χ4v) is 2.73. The Morgan fingerprint density at radius 3 is 2.13 bits per heavy atom. The lowest BCUT2D eigenvalue weighted by Crippen LogP contribution is -2.35. The van der Waals surface area contributed by atoms with Gasteiger partial charge < -0.3 is 0 Å². The van der Waals surface area contributed by atoms with Gasteiger partial charge in [0.15, 0.2) is 0 Å². The first-order valence-corrected chi connectivity index (χ1v) is 5.35. The lowest BCUT2D eigenvalue weighted by atomic mass is 10.00. The minimum atomic E-state index is -0.146. The van der Waals surface area contributed by atoms with E-state index in [1.807, 2.05) is 0 Å². The first kappa shape index (κ1) is 10.3. The predicted octanol–water partition coefficient (Wildman–Crippen LogP) is 0.606. The van der Waals surface area contributed by atoms with Crippen LogP contribution in [0, 0.1) is 17.8 Å². The van der Waals surface area contributed by atoms with Crippen molar-refractivity contribution >= 4 is 17.6 Å². The summed E-state index contributed by atoms with van der Waals surface area (Å²) in [6, 6.07) is 0. The number of ketones is 1. The number of rotatable bonds is 2. The minimum absolute atomic E-state index is 0.0426. The molecule has 1 aliphatic heterocycles. The van der Waals surface area contributed by atoms with Crippen molar-refractivity contribution in [1.29, 1.82) is 0 Å². The third-order valence-corrected chi connectivity index (χ3v) is 3.35. The second kappa shape index (κ2) is 3.43. The topological polar surface area (TPSA) is 54.5 Å². The number of carbonyl (C=O) groups excluding carboxylic acids is 3. The molecule has 2 atom stereocenters. The van der Waals surface area contributed by atoms with Crippen molar-refractivity contribution in [1.82, 2.24) is 4.90 Å². The molecule has 82 valence electrons. The second-order valence-electron chi connectivity index (χ2n) is 4.75. The molecule has 15 heavy (non-hydrogen) atoms. The Kier molecular flexibility index (Phi) is 2.37. The van der Waals surface area contributed by atoms with Crippen molar-refractivity contribution < 1.29 is 14.4 Å². The zero-order valence-corrected chi connectivity index (χ0v) is 9.03. The molecule has 2 fully saturated rings. The van der Waals surface area contributed by atoms with E-state index in [1.54, 1.807) is 0 Å². The van der Waals surface area contributed by atoms with Crippen LogP contribution in [0.15, 0.2) is 0 Å². The Labute approximate surface area is 88.6 Å². The van der Waals surface area contributed by atoms with E-state index in [0.717, 1.165) is 17.7 Å². The van der Waals surface area contributed by atoms with Crippen LogP contribution in [0.1, 0.15) is 26.7 Å². The highest BCUT2D eigenvalue weighted by atomic mass is 16.2. The number of nitrogens with zero attached hydrogens (tertiary/aromatic N) is 1. The molecule has 0 aromatic carbocycles. The molecule has 1 saturated carbocycles. The zero-order valence-electron chi connectivity index (χ0n) is 9.03. The molecule has 0 aromatic heterocycles. The van der Waals surface area contributed by atoms with Crippen LogP contribution in [-0.4, -0.2) is 29.0 Å². The van der Waals surface area contributed by atoms with Gasteiger partial charge in [0.2, 0.25) is 11.8 Å². The number of likely N-dealkylation sites (tertiary alicyclic amines) is 1. The highest BCUT2D eigenvalue weighted by molar-refractivity contribution is 6.07. The zero-order chi connectivity index (χ0) is 11.2. The van der Waals surface area contributed by atoms with Gasteiger partial charge >= 0.3 is 0 Å². The molecular formula is C11H15NO3. The van der Waals surface area contributed by atoms with Crippen LogP contribution in [0.3, 0.4) is 0 Å². The van der Waals surface area contributed by atoms with E-state index in [0.29, 0.717) is 5.92 Å². The van der Waals surface area contributed by atoms with E-state index in [2.05, 4.69) is 6.92 Å². The number of hydrogen-bond acceptors (Lipinski definition) is 3. The number of carbonyl (C=O) groups is 3. The molecule has 0 N–H and O–H groups in total. The monoisotopic (exact) mass is 209 g/mol. The fourth-order valence-electron chi connectivity index (χ4n) is 2.73. The SMILES string of the molecule is CC(=O)CN1C(=O)C2CC(C)CC2C1=O. The largest absolute Gasteiger partial charge is 0.298 e. The van der Waals surface area contributed by atoms with Crippen LogP contribution < -0.4 is 0 Å². The van der Waals surface area contributed by atoms with Gasteiger partial charge in [0.25, 0.3) is 0 Å². The quantitative estimate of drug-likeness (QED) is 0.626. The van der Waals surface area contributed by atoms with Gasteiger partial charge in [-0.25, -0.2) is 0 Å². The normalized spacial score (nSPS) is 34.8. The number of amides is 2. The number of imide groups is 1. The van der Waals surface area contributed by atoms with Crippen molar-refractivity contribution in [2.45, 2.75) is 26.7 Å². The Morgan fingerprint density at radius 2 is 1.73 bits per heavy atom. The summed E-state index contributed by atoms with van der Waals surface area (Å²) in [6.07, 6.45) is 1.59. The van der Waals surface area contributed by atoms with Gasteiger partial charge in [-0.15, -0.1) is 0 Å². The van der Waals surface area contributed by atoms with Gasteiger partial charge in [-0.05, 0) is 25.7 Å². The van der Waals surface area contributed by atoms with Crippen molar-refractivity contribution in [3.05, 3.63) is 0 Å². The first-order valence-electron chi connectivity index (χ1n) is 5.35. The third kappa shape index (κ3) is 1.58. The number of fused-ring (bicyclic) bond motifs is 1. The van der Waals surface area contributed by atoms with Crippen LogP contribution in [0.25, 0.3) is 0 Å². The molecule has 2 aliphatic rings. The molecular weight excluding hydrogens is 194 g/mol. The molecule has 0 bridgehead atoms. The lowest BCUT2D eigenvalue weighted by molar-refractivity contribution is -0.143. The molecule has 4 heteroatoms. The summed E-state index contributed by atoms with van der Waals surface area (Å²) in [7, 11) is 0. The first-order chi connectivity index (χ1) is 7.00. The molecule has 0 radical (unpaired) electrons. The average molecular weight is 209 g/mol. The highest BCUT2D eigenvalue weighted by Crippen LogP contribution is 2.42. The molecule has 0 spiro atoms. The van der Waals surface area contributed by atoms with Crippen LogP contribution in [0.4, 0.5) is 0 Å². The third-order valence-electron chi connectivity index (χ3n) is 3.35. The Bertz CT molecular complexity index is 313. The second-order valence-corrected chi connectivity index (χ2v) is 4.75. The summed E-state index contributed by atoms with van der Waals surface area (Å²) in [5, 5.41) is 0. The average Bonchev–Trinajstić information content (AvgIpc) is 2.61. The standard InChI is InChI=1S/C11H15NO3/c1-6-3-8-9(4-6)11(15)12(10(8)14)5-7(2)13/h6,8-9H,3-5H2,1-2H3. The van der Waals surface area contributed by atoms with E-state index in [1.165, 1.54) is 6.92 Å². The van der Waals surface area contributed by atoms with E-state index < -0.39 is 0 Å². The highest BCUT2D eigenvalue weighted by Gasteiger charge is 2.51. The predicted molar refractivity (Wildman–Crippen MR) is 52.8 cm³/mol. The summed E-state index contributed by atoms with van der Waals surface area (Å²) in [5.74, 6) is -0.245. The van der Waals surface area contributed by atoms with Gasteiger partial charge in [-0.3, -0.25) is 19.3 Å².